The van der Waals surface area contributed by atoms with Crippen LogP contribution >= 0.6 is 0 Å². The summed E-state index contributed by atoms with van der Waals surface area (Å²) in [7, 11) is -4.03. The van der Waals surface area contributed by atoms with Crippen LogP contribution in [0.5, 0.6) is 0 Å². The molecular formula is C24H31FN2O4S. The Morgan fingerprint density at radius 3 is 2.38 bits per heavy atom. The lowest BCUT2D eigenvalue weighted by atomic mass is 9.45. The maximum Gasteiger partial charge on any atom is 0.241 e. The van der Waals surface area contributed by atoms with E-state index in [1.807, 2.05) is 0 Å². The lowest BCUT2D eigenvalue weighted by Gasteiger charge is -2.59. The van der Waals surface area contributed by atoms with Crippen LogP contribution in [-0.4, -0.2) is 25.6 Å². The van der Waals surface area contributed by atoms with E-state index in [1.165, 1.54) is 12.1 Å². The van der Waals surface area contributed by atoms with Gasteiger partial charge in [0.05, 0.1) is 10.4 Å². The third kappa shape index (κ3) is 3.41. The Bertz CT molecular complexity index is 1070. The van der Waals surface area contributed by atoms with Crippen LogP contribution in [0.4, 0.5) is 4.39 Å². The Morgan fingerprint density at radius 1 is 1.16 bits per heavy atom. The number of sulfonamides is 1. The number of carbonyl (C=O) groups is 2. The molecule has 3 N–H and O–H groups in total. The highest BCUT2D eigenvalue weighted by molar-refractivity contribution is 7.89. The number of amides is 1. The van der Waals surface area contributed by atoms with Crippen LogP contribution in [0.1, 0.15) is 63.4 Å². The summed E-state index contributed by atoms with van der Waals surface area (Å²) < 4.78 is 42.6. The molecule has 0 aromatic heterocycles. The average Bonchev–Trinajstić information content (AvgIpc) is 2.68. The number of primary amides is 1. The van der Waals surface area contributed by atoms with Gasteiger partial charge in [-0.25, -0.2) is 12.8 Å². The fraction of sp³-hybridized carbons (Fsp3) is 0.667. The lowest BCUT2D eigenvalue weighted by molar-refractivity contribution is -0.152. The number of nitrogens with two attached hydrogens (primary N) is 1. The third-order valence-corrected chi connectivity index (χ3v) is 10.6. The second kappa shape index (κ2) is 7.35. The van der Waals surface area contributed by atoms with Gasteiger partial charge < -0.3 is 5.73 Å². The number of benzene rings is 1. The second-order valence-corrected chi connectivity index (χ2v) is 12.5. The Morgan fingerprint density at radius 2 is 1.81 bits per heavy atom. The zero-order valence-corrected chi connectivity index (χ0v) is 19.2. The quantitative estimate of drug-likeness (QED) is 0.649. The van der Waals surface area contributed by atoms with Crippen LogP contribution in [0, 0.1) is 41.8 Å². The topological polar surface area (TPSA) is 106 Å². The molecule has 4 bridgehead atoms. The first-order chi connectivity index (χ1) is 15.0. The molecule has 0 radical (unpaired) electrons. The van der Waals surface area contributed by atoms with Crippen LogP contribution in [0.15, 0.2) is 23.1 Å². The number of aryl methyl sites for hydroxylation is 1. The van der Waals surface area contributed by atoms with E-state index < -0.39 is 26.8 Å². The monoisotopic (exact) mass is 462 g/mol. The van der Waals surface area contributed by atoms with E-state index in [-0.39, 0.29) is 22.5 Å². The predicted octanol–water partition coefficient (Wildman–Crippen LogP) is 3.22. The summed E-state index contributed by atoms with van der Waals surface area (Å²) in [6, 6.07) is 3.67. The zero-order chi connectivity index (χ0) is 22.9. The van der Waals surface area contributed by atoms with E-state index in [4.69, 9.17) is 5.73 Å². The molecule has 1 amide bonds. The van der Waals surface area contributed by atoms with E-state index in [1.54, 1.807) is 6.92 Å². The smallest absolute Gasteiger partial charge is 0.241 e. The summed E-state index contributed by atoms with van der Waals surface area (Å²) in [4.78, 5) is 25.6. The molecule has 0 aliphatic heterocycles. The van der Waals surface area contributed by atoms with E-state index in [9.17, 15) is 22.4 Å². The van der Waals surface area contributed by atoms with Crippen molar-refractivity contribution in [3.05, 3.63) is 29.6 Å². The van der Waals surface area contributed by atoms with Crippen LogP contribution in [-0.2, 0) is 19.6 Å². The molecule has 1 aromatic rings. The molecular weight excluding hydrogens is 431 g/mol. The van der Waals surface area contributed by atoms with Crippen molar-refractivity contribution in [3.63, 3.8) is 0 Å². The van der Waals surface area contributed by atoms with Gasteiger partial charge >= 0.3 is 0 Å². The maximum atomic E-state index is 13.7. The van der Waals surface area contributed by atoms with Crippen molar-refractivity contribution >= 4 is 21.7 Å². The van der Waals surface area contributed by atoms with Gasteiger partial charge in [-0.3, -0.25) is 9.59 Å². The standard InChI is InChI=1S/C24H31FN2O4S/c1-14-3-4-18(25)9-20(14)32(30,31)27-24(5-2-6-24)21(28)10-19-16-7-15-8-17(19)13-23(11-15,12-16)22(26)29/h3-4,9,15-17,19,27H,2,5-8,10-13H2,1H3,(H2,26,29). The summed E-state index contributed by atoms with van der Waals surface area (Å²) in [5.41, 5.74) is 4.71. The Kier molecular flexibility index (Phi) is 5.06. The minimum atomic E-state index is -4.03. The van der Waals surface area contributed by atoms with Gasteiger partial charge in [-0.2, -0.15) is 4.72 Å². The first kappa shape index (κ1) is 22.0. The van der Waals surface area contributed by atoms with Crippen molar-refractivity contribution in [2.45, 2.75) is 75.1 Å². The molecule has 0 saturated heterocycles. The van der Waals surface area contributed by atoms with E-state index in [0.717, 1.165) is 44.6 Å². The van der Waals surface area contributed by atoms with Crippen molar-refractivity contribution in [1.29, 1.82) is 0 Å². The van der Waals surface area contributed by atoms with Crippen molar-refractivity contribution < 1.29 is 22.4 Å². The minimum absolute atomic E-state index is 0.0630. The Labute approximate surface area is 188 Å². The summed E-state index contributed by atoms with van der Waals surface area (Å²) in [6.45, 7) is 1.62. The van der Waals surface area contributed by atoms with E-state index >= 15 is 0 Å². The number of Topliss-reactive ketones (excluding diaryl/α,β-unsaturated/α-hetero) is 1. The van der Waals surface area contributed by atoms with Gasteiger partial charge in [-0.1, -0.05) is 6.07 Å². The van der Waals surface area contributed by atoms with Crippen LogP contribution in [0.3, 0.4) is 0 Å². The second-order valence-electron chi connectivity index (χ2n) is 10.9. The predicted molar refractivity (Wildman–Crippen MR) is 116 cm³/mol. The molecule has 5 aliphatic rings. The number of hydrogen-bond acceptors (Lipinski definition) is 4. The first-order valence-electron chi connectivity index (χ1n) is 11.7. The molecule has 2 unspecified atom stereocenters. The normalized spacial score (nSPS) is 34.8. The first-order valence-corrected chi connectivity index (χ1v) is 13.2. The molecule has 32 heavy (non-hydrogen) atoms. The number of halogens is 1. The largest absolute Gasteiger partial charge is 0.369 e. The van der Waals surface area contributed by atoms with Gasteiger partial charge in [0.1, 0.15) is 5.82 Å². The SMILES string of the molecule is Cc1ccc(F)cc1S(=O)(=O)NC1(C(=O)CC2C3CC4CC2CC(C(N)=O)(C4)C3)CCC1. The zero-order valence-electron chi connectivity index (χ0n) is 18.4. The molecule has 174 valence electrons. The average molecular weight is 463 g/mol. The molecule has 2 atom stereocenters. The molecule has 6 rings (SSSR count). The molecule has 1 aromatic carbocycles. The van der Waals surface area contributed by atoms with E-state index in [2.05, 4.69) is 4.72 Å². The fourth-order valence-electron chi connectivity index (χ4n) is 7.32. The fourth-order valence-corrected chi connectivity index (χ4v) is 9.02. The summed E-state index contributed by atoms with van der Waals surface area (Å²) in [5.74, 6) is 0.418. The van der Waals surface area contributed by atoms with Crippen LogP contribution < -0.4 is 10.5 Å². The number of hydrogen-bond donors (Lipinski definition) is 2. The molecule has 5 aliphatic carbocycles. The highest BCUT2D eigenvalue weighted by atomic mass is 32.2. The van der Waals surface area contributed by atoms with Gasteiger partial charge in [-0.15, -0.1) is 0 Å². The van der Waals surface area contributed by atoms with Crippen LogP contribution in [0.25, 0.3) is 0 Å². The molecule has 5 saturated carbocycles. The lowest BCUT2D eigenvalue weighted by Crippen LogP contribution is -2.61. The van der Waals surface area contributed by atoms with Crippen molar-refractivity contribution in [2.75, 3.05) is 0 Å². The van der Waals surface area contributed by atoms with Gasteiger partial charge in [0, 0.05) is 11.8 Å². The molecule has 8 heteroatoms. The number of rotatable bonds is 7. The number of ketones is 1. The Hall–Kier alpha value is -1.80. The molecule has 0 heterocycles. The number of carbonyl (C=O) groups excluding carboxylic acids is 2. The Balaban J connectivity index is 1.35. The minimum Gasteiger partial charge on any atom is -0.369 e. The molecule has 0 spiro atoms. The molecule has 5 fully saturated rings. The van der Waals surface area contributed by atoms with E-state index in [0.29, 0.717) is 42.6 Å². The summed E-state index contributed by atoms with van der Waals surface area (Å²) in [5, 5.41) is 0. The van der Waals surface area contributed by atoms with Crippen LogP contribution in [0.2, 0.25) is 0 Å². The van der Waals surface area contributed by atoms with Gasteiger partial charge in [0.25, 0.3) is 0 Å². The molecule has 6 nitrogen and oxygen atoms in total. The summed E-state index contributed by atoms with van der Waals surface area (Å²) in [6.07, 6.45) is 6.51. The van der Waals surface area contributed by atoms with Gasteiger partial charge in [0.15, 0.2) is 5.78 Å². The van der Waals surface area contributed by atoms with Crippen molar-refractivity contribution in [3.8, 4) is 0 Å². The summed E-state index contributed by atoms with van der Waals surface area (Å²) >= 11 is 0. The maximum absolute atomic E-state index is 13.7. The number of nitrogens with one attached hydrogen (secondary N) is 1. The highest BCUT2D eigenvalue weighted by Crippen LogP contribution is 2.63. The van der Waals surface area contributed by atoms with Gasteiger partial charge in [-0.05, 0) is 99.7 Å². The van der Waals surface area contributed by atoms with Crippen molar-refractivity contribution in [2.24, 2.45) is 34.8 Å². The van der Waals surface area contributed by atoms with Gasteiger partial charge in [0.2, 0.25) is 15.9 Å². The third-order valence-electron chi connectivity index (χ3n) is 8.92. The van der Waals surface area contributed by atoms with Crippen molar-refractivity contribution in [1.82, 2.24) is 4.72 Å². The highest BCUT2D eigenvalue weighted by Gasteiger charge is 2.59.